The Morgan fingerprint density at radius 2 is 1.71 bits per heavy atom. The lowest BCUT2D eigenvalue weighted by atomic mass is 10.1. The molecule has 0 aliphatic heterocycles. The second-order valence-electron chi connectivity index (χ2n) is 7.23. The molecule has 0 aliphatic rings. The molecule has 0 fully saturated rings. The van der Waals surface area contributed by atoms with Crippen molar-refractivity contribution in [1.82, 2.24) is 9.55 Å². The van der Waals surface area contributed by atoms with Gasteiger partial charge in [-0.25, -0.2) is 4.98 Å². The molecule has 0 aliphatic carbocycles. The Kier molecular flexibility index (Phi) is 6.18. The van der Waals surface area contributed by atoms with Crippen molar-refractivity contribution >= 4 is 34.3 Å². The Hall–Kier alpha value is -3.38. The van der Waals surface area contributed by atoms with E-state index in [-0.39, 0.29) is 17.2 Å². The monoisotopic (exact) mass is 429 g/mol. The van der Waals surface area contributed by atoms with Crippen molar-refractivity contribution in [2.45, 2.75) is 25.4 Å². The molecule has 1 heterocycles. The van der Waals surface area contributed by atoms with Crippen LogP contribution in [0.4, 0.5) is 5.69 Å². The lowest BCUT2D eigenvalue weighted by Crippen LogP contribution is -2.23. The van der Waals surface area contributed by atoms with E-state index < -0.39 is 0 Å². The average molecular weight is 430 g/mol. The normalized spacial score (nSPS) is 10.9. The van der Waals surface area contributed by atoms with Crippen LogP contribution in [0.2, 0.25) is 0 Å². The zero-order valence-corrected chi connectivity index (χ0v) is 18.3. The van der Waals surface area contributed by atoms with E-state index in [1.807, 2.05) is 73.7 Å². The van der Waals surface area contributed by atoms with E-state index in [4.69, 9.17) is 4.98 Å². The van der Waals surface area contributed by atoms with Crippen LogP contribution in [0.5, 0.6) is 0 Å². The highest BCUT2D eigenvalue weighted by molar-refractivity contribution is 7.99. The molecule has 156 valence electrons. The Morgan fingerprint density at radius 1 is 1.00 bits per heavy atom. The number of carbonyl (C=O) groups is 1. The Morgan fingerprint density at radius 3 is 2.45 bits per heavy atom. The molecule has 0 atom stereocenters. The molecule has 31 heavy (non-hydrogen) atoms. The third kappa shape index (κ3) is 4.54. The predicted molar refractivity (Wildman–Crippen MR) is 127 cm³/mol. The van der Waals surface area contributed by atoms with Gasteiger partial charge in [-0.3, -0.25) is 14.2 Å². The van der Waals surface area contributed by atoms with Gasteiger partial charge in [0.15, 0.2) is 5.16 Å². The number of fused-ring (bicyclic) bond motifs is 1. The van der Waals surface area contributed by atoms with Crippen LogP contribution in [0, 0.1) is 6.92 Å². The number of anilines is 1. The predicted octanol–water partition coefficient (Wildman–Crippen LogP) is 4.99. The quantitative estimate of drug-likeness (QED) is 0.347. The maximum absolute atomic E-state index is 13.3. The number of hydrogen-bond acceptors (Lipinski definition) is 4. The molecule has 4 rings (SSSR count). The third-order valence-electron chi connectivity index (χ3n) is 5.08. The number of thioether (sulfide) groups is 1. The summed E-state index contributed by atoms with van der Waals surface area (Å²) >= 11 is 1.25. The maximum atomic E-state index is 13.3. The molecule has 0 saturated heterocycles. The molecule has 4 aromatic rings. The minimum atomic E-state index is -0.145. The number of aromatic nitrogens is 2. The lowest BCUT2D eigenvalue weighted by Gasteiger charge is -2.15. The largest absolute Gasteiger partial charge is 0.325 e. The molecule has 0 saturated carbocycles. The molecule has 0 radical (unpaired) electrons. The first-order valence-electron chi connectivity index (χ1n) is 10.2. The fraction of sp³-hybridized carbons (Fsp3) is 0.160. The number of hydrogen-bond donors (Lipinski definition) is 1. The summed E-state index contributed by atoms with van der Waals surface area (Å²) in [5, 5.41) is 3.96. The van der Waals surface area contributed by atoms with Crippen molar-refractivity contribution in [1.29, 1.82) is 0 Å². The first-order chi connectivity index (χ1) is 15.1. The lowest BCUT2D eigenvalue weighted by molar-refractivity contribution is -0.113. The molecule has 0 spiro atoms. The second kappa shape index (κ2) is 9.18. The van der Waals surface area contributed by atoms with Crippen LogP contribution in [0.1, 0.15) is 18.1 Å². The van der Waals surface area contributed by atoms with Gasteiger partial charge in [0.2, 0.25) is 5.91 Å². The summed E-state index contributed by atoms with van der Waals surface area (Å²) < 4.78 is 1.60. The summed E-state index contributed by atoms with van der Waals surface area (Å²) in [6.07, 6.45) is 0.953. The van der Waals surface area contributed by atoms with Crippen molar-refractivity contribution in [3.8, 4) is 5.69 Å². The van der Waals surface area contributed by atoms with E-state index in [9.17, 15) is 9.59 Å². The minimum Gasteiger partial charge on any atom is -0.325 e. The Balaban J connectivity index is 1.64. The van der Waals surface area contributed by atoms with Gasteiger partial charge >= 0.3 is 0 Å². The standard InChI is InChI=1S/C25H23N3O2S/c1-3-18-12-14-19(15-13-18)26-23(29)16-31-25-27-21-10-6-5-9-20(21)24(30)28(25)22-11-7-4-8-17(22)2/h4-15H,3,16H2,1-2H3,(H,26,29). The highest BCUT2D eigenvalue weighted by atomic mass is 32.2. The molecule has 0 bridgehead atoms. The van der Waals surface area contributed by atoms with Gasteiger partial charge in [0.25, 0.3) is 5.56 Å². The summed E-state index contributed by atoms with van der Waals surface area (Å²) in [6.45, 7) is 4.05. The number of carbonyl (C=O) groups excluding carboxylic acids is 1. The van der Waals surface area contributed by atoms with Gasteiger partial charge in [-0.15, -0.1) is 0 Å². The second-order valence-corrected chi connectivity index (χ2v) is 8.17. The summed E-state index contributed by atoms with van der Waals surface area (Å²) in [7, 11) is 0. The summed E-state index contributed by atoms with van der Waals surface area (Å²) in [5.74, 6) is -0.000350. The van der Waals surface area contributed by atoms with Crippen LogP contribution in [0.3, 0.4) is 0 Å². The number of rotatable bonds is 6. The molecule has 1 amide bonds. The van der Waals surface area contributed by atoms with Gasteiger partial charge in [0, 0.05) is 5.69 Å². The van der Waals surface area contributed by atoms with Crippen LogP contribution in [0.15, 0.2) is 82.7 Å². The van der Waals surface area contributed by atoms with Crippen molar-refractivity contribution in [2.24, 2.45) is 0 Å². The van der Waals surface area contributed by atoms with Crippen LogP contribution >= 0.6 is 11.8 Å². The van der Waals surface area contributed by atoms with Gasteiger partial charge in [-0.2, -0.15) is 0 Å². The third-order valence-corrected chi connectivity index (χ3v) is 6.02. The van der Waals surface area contributed by atoms with E-state index >= 15 is 0 Å². The van der Waals surface area contributed by atoms with Crippen LogP contribution in [-0.2, 0) is 11.2 Å². The molecule has 3 aromatic carbocycles. The highest BCUT2D eigenvalue weighted by Crippen LogP contribution is 2.23. The van der Waals surface area contributed by atoms with E-state index in [0.717, 1.165) is 23.4 Å². The van der Waals surface area contributed by atoms with Crippen LogP contribution in [0.25, 0.3) is 16.6 Å². The molecular weight excluding hydrogens is 406 g/mol. The van der Waals surface area contributed by atoms with E-state index in [1.54, 1.807) is 10.6 Å². The summed E-state index contributed by atoms with van der Waals surface area (Å²) in [5.41, 5.74) is 4.18. The van der Waals surface area contributed by atoms with Gasteiger partial charge < -0.3 is 5.32 Å². The Labute approximate surface area is 185 Å². The molecule has 0 unspecified atom stereocenters. The fourth-order valence-electron chi connectivity index (χ4n) is 3.39. The number of nitrogens with zero attached hydrogens (tertiary/aromatic N) is 2. The number of amides is 1. The molecular formula is C25H23N3O2S. The highest BCUT2D eigenvalue weighted by Gasteiger charge is 2.16. The topological polar surface area (TPSA) is 64.0 Å². The van der Waals surface area contributed by atoms with E-state index in [1.165, 1.54) is 17.3 Å². The van der Waals surface area contributed by atoms with Gasteiger partial charge in [-0.05, 0) is 54.8 Å². The van der Waals surface area contributed by atoms with Crippen LogP contribution in [-0.4, -0.2) is 21.2 Å². The minimum absolute atomic E-state index is 0.141. The molecule has 1 N–H and O–H groups in total. The smallest absolute Gasteiger partial charge is 0.266 e. The first-order valence-corrected chi connectivity index (χ1v) is 11.1. The van der Waals surface area contributed by atoms with E-state index in [0.29, 0.717) is 16.1 Å². The fourth-order valence-corrected chi connectivity index (χ4v) is 4.19. The summed E-state index contributed by atoms with van der Waals surface area (Å²) in [4.78, 5) is 30.6. The van der Waals surface area contributed by atoms with Crippen molar-refractivity contribution in [3.05, 3.63) is 94.3 Å². The van der Waals surface area contributed by atoms with Gasteiger partial charge in [0.1, 0.15) is 0 Å². The van der Waals surface area contributed by atoms with Crippen molar-refractivity contribution < 1.29 is 4.79 Å². The maximum Gasteiger partial charge on any atom is 0.266 e. The van der Waals surface area contributed by atoms with Crippen molar-refractivity contribution in [2.75, 3.05) is 11.1 Å². The number of nitrogens with one attached hydrogen (secondary N) is 1. The van der Waals surface area contributed by atoms with Gasteiger partial charge in [-0.1, -0.05) is 61.2 Å². The Bertz CT molecular complexity index is 1300. The molecule has 6 heteroatoms. The molecule has 5 nitrogen and oxygen atoms in total. The zero-order chi connectivity index (χ0) is 21.8. The first kappa shape index (κ1) is 20.9. The number of benzene rings is 3. The zero-order valence-electron chi connectivity index (χ0n) is 17.5. The van der Waals surface area contributed by atoms with Gasteiger partial charge in [0.05, 0.1) is 22.3 Å². The SMILES string of the molecule is CCc1ccc(NC(=O)CSc2nc3ccccc3c(=O)n2-c2ccccc2C)cc1. The van der Waals surface area contributed by atoms with Crippen molar-refractivity contribution in [3.63, 3.8) is 0 Å². The summed E-state index contributed by atoms with van der Waals surface area (Å²) in [6, 6.07) is 22.8. The molecule has 1 aromatic heterocycles. The van der Waals surface area contributed by atoms with E-state index in [2.05, 4.69) is 12.2 Å². The van der Waals surface area contributed by atoms with Crippen LogP contribution < -0.4 is 10.9 Å². The number of aryl methyl sites for hydroxylation is 2. The average Bonchev–Trinajstić information content (AvgIpc) is 2.79. The number of para-hydroxylation sites is 2.